The average Bonchev–Trinajstić information content (AvgIpc) is 2.76. The molecule has 1 aliphatic rings. The van der Waals surface area contributed by atoms with Crippen molar-refractivity contribution in [1.82, 2.24) is 9.88 Å². The predicted molar refractivity (Wildman–Crippen MR) is 74.2 cm³/mol. The highest BCUT2D eigenvalue weighted by Crippen LogP contribution is 2.28. The summed E-state index contributed by atoms with van der Waals surface area (Å²) in [6, 6.07) is 2.31. The van der Waals surface area contributed by atoms with E-state index < -0.39 is 0 Å². The van der Waals surface area contributed by atoms with E-state index in [0.717, 1.165) is 24.3 Å². The van der Waals surface area contributed by atoms with E-state index >= 15 is 0 Å². The van der Waals surface area contributed by atoms with Crippen LogP contribution < -0.4 is 10.6 Å². The maximum atomic E-state index is 7.66. The lowest BCUT2D eigenvalue weighted by Crippen LogP contribution is -2.38. The minimum Gasteiger partial charge on any atom is -0.384 e. The number of nitrogens with zero attached hydrogens (tertiary/aromatic N) is 3. The minimum atomic E-state index is 0.114. The van der Waals surface area contributed by atoms with Crippen LogP contribution in [-0.4, -0.2) is 48.9 Å². The molecule has 0 spiro atoms. The summed E-state index contributed by atoms with van der Waals surface area (Å²) >= 11 is 0. The van der Waals surface area contributed by atoms with Gasteiger partial charge >= 0.3 is 0 Å². The van der Waals surface area contributed by atoms with Gasteiger partial charge in [0.2, 0.25) is 0 Å². The first kappa shape index (κ1) is 12.8. The third-order valence-electron chi connectivity index (χ3n) is 3.35. The Labute approximate surface area is 108 Å². The Balaban J connectivity index is 2.27. The summed E-state index contributed by atoms with van der Waals surface area (Å²) < 4.78 is 0. The number of likely N-dealkylation sites (N-methyl/N-ethyl adjacent to an activating group) is 1. The molecule has 0 radical (unpaired) electrons. The molecule has 3 N–H and O–H groups in total. The van der Waals surface area contributed by atoms with E-state index in [2.05, 4.69) is 28.9 Å². The summed E-state index contributed by atoms with van der Waals surface area (Å²) in [6.07, 6.45) is 5.89. The van der Waals surface area contributed by atoms with E-state index in [1.54, 1.807) is 6.20 Å². The summed E-state index contributed by atoms with van der Waals surface area (Å²) in [7, 11) is 4.18. The zero-order valence-electron chi connectivity index (χ0n) is 11.1. The van der Waals surface area contributed by atoms with E-state index in [1.807, 2.05) is 12.3 Å². The first-order valence-corrected chi connectivity index (χ1v) is 6.29. The van der Waals surface area contributed by atoms with Gasteiger partial charge in [-0.15, -0.1) is 0 Å². The molecule has 98 valence electrons. The summed E-state index contributed by atoms with van der Waals surface area (Å²) in [5.74, 6) is 0.114. The Morgan fingerprint density at radius 1 is 1.61 bits per heavy atom. The third kappa shape index (κ3) is 2.61. The smallest absolute Gasteiger partial charge is 0.125 e. The van der Waals surface area contributed by atoms with Gasteiger partial charge in [0.25, 0.3) is 0 Å². The van der Waals surface area contributed by atoms with Crippen LogP contribution in [0.15, 0.2) is 18.5 Å². The summed E-state index contributed by atoms with van der Waals surface area (Å²) in [5.41, 5.74) is 7.43. The zero-order chi connectivity index (χ0) is 13.1. The number of hydrogen-bond acceptors (Lipinski definition) is 4. The van der Waals surface area contributed by atoms with Gasteiger partial charge in [-0.2, -0.15) is 0 Å². The van der Waals surface area contributed by atoms with Gasteiger partial charge < -0.3 is 15.5 Å². The quantitative estimate of drug-likeness (QED) is 0.612. The van der Waals surface area contributed by atoms with Gasteiger partial charge in [-0.25, -0.2) is 0 Å². The molecule has 1 unspecified atom stereocenters. The van der Waals surface area contributed by atoms with Crippen molar-refractivity contribution in [2.24, 2.45) is 5.73 Å². The highest BCUT2D eigenvalue weighted by atomic mass is 15.2. The van der Waals surface area contributed by atoms with Gasteiger partial charge in [0.1, 0.15) is 5.84 Å². The van der Waals surface area contributed by atoms with Crippen LogP contribution in [0.3, 0.4) is 0 Å². The number of nitrogens with two attached hydrogens (primary N) is 1. The van der Waals surface area contributed by atoms with E-state index in [4.69, 9.17) is 11.1 Å². The molecular formula is C13H21N5. The molecule has 0 aromatic carbocycles. The lowest BCUT2D eigenvalue weighted by molar-refractivity contribution is 0.372. The number of rotatable bonds is 4. The summed E-state index contributed by atoms with van der Waals surface area (Å²) in [4.78, 5) is 8.72. The fraction of sp³-hybridized carbons (Fsp3) is 0.538. The first-order chi connectivity index (χ1) is 8.59. The number of hydrogen-bond donors (Lipinski definition) is 2. The largest absolute Gasteiger partial charge is 0.384 e. The maximum absolute atomic E-state index is 7.66. The Bertz CT molecular complexity index is 429. The molecule has 2 heterocycles. The monoisotopic (exact) mass is 247 g/mol. The van der Waals surface area contributed by atoms with Gasteiger partial charge in [0, 0.05) is 30.9 Å². The number of nitrogens with one attached hydrogen (secondary N) is 1. The van der Waals surface area contributed by atoms with E-state index in [0.29, 0.717) is 6.04 Å². The SMILES string of the molecule is CN(C)CC1CCCN1c1cnccc1C(=N)N. The van der Waals surface area contributed by atoms with Gasteiger partial charge in [0.05, 0.1) is 11.9 Å². The van der Waals surface area contributed by atoms with Crippen molar-refractivity contribution in [3.8, 4) is 0 Å². The van der Waals surface area contributed by atoms with Crippen LogP contribution in [0, 0.1) is 5.41 Å². The second-order valence-electron chi connectivity index (χ2n) is 5.06. The van der Waals surface area contributed by atoms with Crippen LogP contribution in [0.5, 0.6) is 0 Å². The standard InChI is InChI=1S/C13H21N5/c1-17(2)9-10-4-3-7-18(10)12-8-16-6-5-11(12)13(14)15/h5-6,8,10H,3-4,7,9H2,1-2H3,(H3,14,15). The van der Waals surface area contributed by atoms with Crippen molar-refractivity contribution < 1.29 is 0 Å². The van der Waals surface area contributed by atoms with Crippen LogP contribution in [-0.2, 0) is 0 Å². The van der Waals surface area contributed by atoms with Gasteiger partial charge in [-0.05, 0) is 33.0 Å². The van der Waals surface area contributed by atoms with E-state index in [9.17, 15) is 0 Å². The molecule has 1 aliphatic heterocycles. The highest BCUT2D eigenvalue weighted by Gasteiger charge is 2.27. The second kappa shape index (κ2) is 5.35. The summed E-state index contributed by atoms with van der Waals surface area (Å²) in [5, 5.41) is 7.66. The normalized spacial score (nSPS) is 19.5. The number of amidine groups is 1. The molecule has 18 heavy (non-hydrogen) atoms. The number of pyridine rings is 1. The molecule has 0 bridgehead atoms. The molecule has 5 nitrogen and oxygen atoms in total. The fourth-order valence-electron chi connectivity index (χ4n) is 2.61. The van der Waals surface area contributed by atoms with Crippen molar-refractivity contribution in [3.63, 3.8) is 0 Å². The van der Waals surface area contributed by atoms with Crippen LogP contribution in [0.4, 0.5) is 5.69 Å². The molecular weight excluding hydrogens is 226 g/mol. The highest BCUT2D eigenvalue weighted by molar-refractivity contribution is 6.00. The topological polar surface area (TPSA) is 69.2 Å². The van der Waals surface area contributed by atoms with Crippen LogP contribution in [0.25, 0.3) is 0 Å². The molecule has 0 saturated carbocycles. The van der Waals surface area contributed by atoms with Crippen LogP contribution in [0.2, 0.25) is 0 Å². The molecule has 1 saturated heterocycles. The molecule has 1 aromatic rings. The van der Waals surface area contributed by atoms with Crippen molar-refractivity contribution >= 4 is 11.5 Å². The molecule has 0 aliphatic carbocycles. The third-order valence-corrected chi connectivity index (χ3v) is 3.35. The van der Waals surface area contributed by atoms with Gasteiger partial charge in [0.15, 0.2) is 0 Å². The Kier molecular flexibility index (Phi) is 3.81. The predicted octanol–water partition coefficient (Wildman–Crippen LogP) is 0.896. The Morgan fingerprint density at radius 2 is 2.39 bits per heavy atom. The van der Waals surface area contributed by atoms with E-state index in [-0.39, 0.29) is 5.84 Å². The lowest BCUT2D eigenvalue weighted by atomic mass is 10.1. The number of aromatic nitrogens is 1. The Morgan fingerprint density at radius 3 is 3.06 bits per heavy atom. The molecule has 1 aromatic heterocycles. The number of anilines is 1. The maximum Gasteiger partial charge on any atom is 0.125 e. The molecule has 1 atom stereocenters. The van der Waals surface area contributed by atoms with Gasteiger partial charge in [-0.3, -0.25) is 10.4 Å². The van der Waals surface area contributed by atoms with E-state index in [1.165, 1.54) is 12.8 Å². The van der Waals surface area contributed by atoms with Crippen molar-refractivity contribution in [1.29, 1.82) is 5.41 Å². The molecule has 5 heteroatoms. The lowest BCUT2D eigenvalue weighted by Gasteiger charge is -2.30. The first-order valence-electron chi connectivity index (χ1n) is 6.29. The van der Waals surface area contributed by atoms with Crippen molar-refractivity contribution in [2.75, 3.05) is 32.1 Å². The van der Waals surface area contributed by atoms with Crippen molar-refractivity contribution in [3.05, 3.63) is 24.0 Å². The van der Waals surface area contributed by atoms with Crippen LogP contribution >= 0.6 is 0 Å². The summed E-state index contributed by atoms with van der Waals surface area (Å²) in [6.45, 7) is 2.04. The van der Waals surface area contributed by atoms with Crippen molar-refractivity contribution in [2.45, 2.75) is 18.9 Å². The average molecular weight is 247 g/mol. The molecule has 2 rings (SSSR count). The Hall–Kier alpha value is -1.62. The van der Waals surface area contributed by atoms with Crippen LogP contribution in [0.1, 0.15) is 18.4 Å². The minimum absolute atomic E-state index is 0.114. The van der Waals surface area contributed by atoms with Gasteiger partial charge in [-0.1, -0.05) is 0 Å². The second-order valence-corrected chi connectivity index (χ2v) is 5.06. The molecule has 1 fully saturated rings. The zero-order valence-corrected chi connectivity index (χ0v) is 11.1. The fourth-order valence-corrected chi connectivity index (χ4v) is 2.61. The number of nitrogen functional groups attached to an aromatic ring is 1. The molecule has 0 amide bonds.